The summed E-state index contributed by atoms with van der Waals surface area (Å²) >= 11 is 13.0. The molecule has 6 nitrogen and oxygen atoms in total. The standard InChI is InChI=1S/C32H29Cl2N3O3/c33-27-7-4-8-28(34)29(27)30-26(31(40-36-30)21-9-10-21)18-39-25-16-23-15-24(17-25)37(23)32(38)35-22-13-11-20(12-14-22)19-5-2-1-3-6-19/h1-8,11-14,21,23-25H,9-10,15-18H2,(H,35,38). The van der Waals surface area contributed by atoms with Gasteiger partial charge < -0.3 is 19.5 Å². The molecule has 2 amide bonds. The van der Waals surface area contributed by atoms with Crippen molar-refractivity contribution < 1.29 is 14.1 Å². The van der Waals surface area contributed by atoms with Crippen molar-refractivity contribution >= 4 is 34.9 Å². The Morgan fingerprint density at radius 1 is 0.900 bits per heavy atom. The summed E-state index contributed by atoms with van der Waals surface area (Å²) in [4.78, 5) is 15.1. The van der Waals surface area contributed by atoms with Crippen LogP contribution in [0.5, 0.6) is 0 Å². The molecule has 0 radical (unpaired) electrons. The highest BCUT2D eigenvalue weighted by molar-refractivity contribution is 6.39. The monoisotopic (exact) mass is 573 g/mol. The summed E-state index contributed by atoms with van der Waals surface area (Å²) in [7, 11) is 0. The number of nitrogens with one attached hydrogen (secondary N) is 1. The quantitative estimate of drug-likeness (QED) is 0.240. The summed E-state index contributed by atoms with van der Waals surface area (Å²) in [6.07, 6.45) is 4.87. The molecule has 2 saturated heterocycles. The normalized spacial score (nSPS) is 21.6. The van der Waals surface area contributed by atoms with Crippen LogP contribution >= 0.6 is 23.2 Å². The van der Waals surface area contributed by atoms with E-state index in [1.54, 1.807) is 0 Å². The fraction of sp³-hybridized carbons (Fsp3) is 0.312. The van der Waals surface area contributed by atoms with Crippen LogP contribution in [0.1, 0.15) is 49.3 Å². The number of anilines is 1. The predicted molar refractivity (Wildman–Crippen MR) is 157 cm³/mol. The lowest BCUT2D eigenvalue weighted by atomic mass is 9.78. The Bertz CT molecular complexity index is 1500. The summed E-state index contributed by atoms with van der Waals surface area (Å²) < 4.78 is 12.2. The SMILES string of the molecule is O=C(Nc1ccc(-c2ccccc2)cc1)N1C2CC(OCc3c(-c4c(Cl)cccc4Cl)noc3C3CC3)CC1C2. The molecule has 4 fully saturated rings. The maximum Gasteiger partial charge on any atom is 0.322 e. The number of halogens is 2. The number of carbonyl (C=O) groups excluding carboxylic acids is 1. The molecule has 2 atom stereocenters. The molecule has 2 aliphatic carbocycles. The van der Waals surface area contributed by atoms with Crippen molar-refractivity contribution in [3.63, 3.8) is 0 Å². The number of rotatable bonds is 7. The first kappa shape index (κ1) is 25.6. The van der Waals surface area contributed by atoms with E-state index in [-0.39, 0.29) is 24.2 Å². The summed E-state index contributed by atoms with van der Waals surface area (Å²) in [6, 6.07) is 24.0. The van der Waals surface area contributed by atoms with Crippen LogP contribution in [0.25, 0.3) is 22.4 Å². The van der Waals surface area contributed by atoms with Gasteiger partial charge in [0, 0.05) is 34.8 Å². The van der Waals surface area contributed by atoms with Crippen molar-refractivity contribution in [1.29, 1.82) is 0 Å². The molecule has 8 rings (SSSR count). The van der Waals surface area contributed by atoms with Gasteiger partial charge in [0.15, 0.2) is 0 Å². The van der Waals surface area contributed by atoms with Gasteiger partial charge in [-0.05, 0) is 67.5 Å². The molecule has 204 valence electrons. The zero-order valence-corrected chi connectivity index (χ0v) is 23.4. The molecule has 2 unspecified atom stereocenters. The first-order valence-electron chi connectivity index (χ1n) is 13.8. The lowest BCUT2D eigenvalue weighted by Gasteiger charge is -2.54. The third-order valence-electron chi connectivity index (χ3n) is 8.31. The third kappa shape index (κ3) is 4.89. The van der Waals surface area contributed by atoms with E-state index in [1.165, 1.54) is 0 Å². The number of carbonyl (C=O) groups is 1. The predicted octanol–water partition coefficient (Wildman–Crippen LogP) is 8.55. The number of benzene rings is 3. The second-order valence-corrected chi connectivity index (χ2v) is 11.8. The average Bonchev–Trinajstić information content (AvgIpc) is 3.72. The zero-order chi connectivity index (χ0) is 27.2. The number of urea groups is 1. The molecule has 2 saturated carbocycles. The van der Waals surface area contributed by atoms with Gasteiger partial charge in [-0.2, -0.15) is 0 Å². The fourth-order valence-corrected chi connectivity index (χ4v) is 6.68. The van der Waals surface area contributed by atoms with Crippen molar-refractivity contribution in [2.24, 2.45) is 0 Å². The summed E-state index contributed by atoms with van der Waals surface area (Å²) in [5.74, 6) is 1.26. The van der Waals surface area contributed by atoms with Crippen LogP contribution in [0.2, 0.25) is 10.0 Å². The van der Waals surface area contributed by atoms with Gasteiger partial charge in [-0.1, -0.05) is 76.9 Å². The van der Waals surface area contributed by atoms with Crippen molar-refractivity contribution in [2.45, 2.75) is 62.8 Å². The molecule has 0 spiro atoms. The van der Waals surface area contributed by atoms with E-state index in [9.17, 15) is 4.79 Å². The smallest absolute Gasteiger partial charge is 0.322 e. The molecule has 4 aliphatic rings. The second-order valence-electron chi connectivity index (χ2n) is 11.0. The molecule has 4 aromatic rings. The highest BCUT2D eigenvalue weighted by atomic mass is 35.5. The number of hydrogen-bond acceptors (Lipinski definition) is 4. The first-order valence-corrected chi connectivity index (χ1v) is 14.6. The van der Waals surface area contributed by atoms with Crippen LogP contribution in [-0.2, 0) is 11.3 Å². The van der Waals surface area contributed by atoms with Gasteiger partial charge in [0.1, 0.15) is 11.5 Å². The van der Waals surface area contributed by atoms with Crippen molar-refractivity contribution in [3.8, 4) is 22.4 Å². The first-order chi connectivity index (χ1) is 19.5. The topological polar surface area (TPSA) is 67.6 Å². The minimum Gasteiger partial charge on any atom is -0.373 e. The Hall–Kier alpha value is -3.32. The molecule has 3 heterocycles. The van der Waals surface area contributed by atoms with Crippen LogP contribution in [-0.4, -0.2) is 34.3 Å². The molecule has 2 aliphatic heterocycles. The summed E-state index contributed by atoms with van der Waals surface area (Å²) in [5.41, 5.74) is 5.36. The third-order valence-corrected chi connectivity index (χ3v) is 8.94. The number of nitrogens with zero attached hydrogens (tertiary/aromatic N) is 2. The fourth-order valence-electron chi connectivity index (χ4n) is 6.11. The Labute approximate surface area is 243 Å². The number of fused-ring (bicyclic) bond motifs is 2. The lowest BCUT2D eigenvalue weighted by molar-refractivity contribution is -0.0837. The van der Waals surface area contributed by atoms with Crippen LogP contribution < -0.4 is 5.32 Å². The highest BCUT2D eigenvalue weighted by Gasteiger charge is 2.48. The van der Waals surface area contributed by atoms with E-state index < -0.39 is 0 Å². The van der Waals surface area contributed by atoms with Crippen LogP contribution in [0.3, 0.4) is 0 Å². The highest BCUT2D eigenvalue weighted by Crippen LogP contribution is 2.47. The van der Waals surface area contributed by atoms with E-state index in [2.05, 4.69) is 22.6 Å². The van der Waals surface area contributed by atoms with E-state index in [1.807, 2.05) is 65.6 Å². The number of piperidine rings is 1. The van der Waals surface area contributed by atoms with Gasteiger partial charge >= 0.3 is 6.03 Å². The Morgan fingerprint density at radius 3 is 2.25 bits per heavy atom. The summed E-state index contributed by atoms with van der Waals surface area (Å²) in [6.45, 7) is 0.385. The van der Waals surface area contributed by atoms with Crippen molar-refractivity contribution in [1.82, 2.24) is 10.1 Å². The van der Waals surface area contributed by atoms with Gasteiger partial charge in [0.05, 0.1) is 22.8 Å². The molecule has 3 aromatic carbocycles. The van der Waals surface area contributed by atoms with E-state index in [0.717, 1.165) is 60.2 Å². The molecule has 1 N–H and O–H groups in total. The molecular formula is C32H29Cl2N3O3. The maximum absolute atomic E-state index is 13.1. The minimum atomic E-state index is -0.0436. The molecule has 2 bridgehead atoms. The second kappa shape index (κ2) is 10.6. The minimum absolute atomic E-state index is 0.0436. The average molecular weight is 575 g/mol. The lowest BCUT2D eigenvalue weighted by Crippen LogP contribution is -2.65. The van der Waals surface area contributed by atoms with Gasteiger partial charge in [0.25, 0.3) is 0 Å². The number of ether oxygens (including phenoxy) is 1. The largest absolute Gasteiger partial charge is 0.373 e. The number of hydrogen-bond donors (Lipinski definition) is 1. The van der Waals surface area contributed by atoms with Gasteiger partial charge in [0.2, 0.25) is 0 Å². The van der Waals surface area contributed by atoms with Gasteiger partial charge in [-0.3, -0.25) is 0 Å². The van der Waals surface area contributed by atoms with Crippen molar-refractivity contribution in [2.75, 3.05) is 5.32 Å². The van der Waals surface area contributed by atoms with Gasteiger partial charge in [-0.15, -0.1) is 0 Å². The van der Waals surface area contributed by atoms with E-state index in [4.69, 9.17) is 32.5 Å². The molecule has 40 heavy (non-hydrogen) atoms. The molecule has 1 aromatic heterocycles. The maximum atomic E-state index is 13.1. The van der Waals surface area contributed by atoms with Crippen LogP contribution in [0.15, 0.2) is 77.3 Å². The number of amides is 2. The number of aromatic nitrogens is 1. The molecular weight excluding hydrogens is 545 g/mol. The Balaban J connectivity index is 0.988. The Kier molecular flexibility index (Phi) is 6.78. The van der Waals surface area contributed by atoms with Crippen LogP contribution in [0.4, 0.5) is 10.5 Å². The van der Waals surface area contributed by atoms with E-state index >= 15 is 0 Å². The zero-order valence-electron chi connectivity index (χ0n) is 21.9. The van der Waals surface area contributed by atoms with Crippen molar-refractivity contribution in [3.05, 3.63) is 94.2 Å². The van der Waals surface area contributed by atoms with Crippen LogP contribution in [0, 0.1) is 0 Å². The van der Waals surface area contributed by atoms with Gasteiger partial charge in [-0.25, -0.2) is 4.79 Å². The molecule has 8 heteroatoms. The van der Waals surface area contributed by atoms with E-state index in [0.29, 0.717) is 33.8 Å². The summed E-state index contributed by atoms with van der Waals surface area (Å²) in [5, 5.41) is 8.54. The Morgan fingerprint density at radius 2 is 1.57 bits per heavy atom.